The quantitative estimate of drug-likeness (QED) is 0.595. The minimum Gasteiger partial charge on any atom is -0.493 e. The number of benzene rings is 1. The lowest BCUT2D eigenvalue weighted by molar-refractivity contribution is -0.304. The van der Waals surface area contributed by atoms with Gasteiger partial charge in [0, 0.05) is 26.1 Å². The molecule has 4 atom stereocenters. The molecule has 30 heavy (non-hydrogen) atoms. The van der Waals surface area contributed by atoms with Gasteiger partial charge >= 0.3 is 5.97 Å². The van der Waals surface area contributed by atoms with E-state index in [1.165, 1.54) is 14.2 Å². The van der Waals surface area contributed by atoms with Crippen LogP contribution in [0.15, 0.2) is 12.1 Å². The van der Waals surface area contributed by atoms with Crippen molar-refractivity contribution in [1.82, 2.24) is 4.90 Å². The van der Waals surface area contributed by atoms with E-state index in [2.05, 4.69) is 0 Å². The first-order chi connectivity index (χ1) is 14.2. The lowest BCUT2D eigenvalue weighted by Gasteiger charge is -2.53. The molecule has 1 aromatic carbocycles. The van der Waals surface area contributed by atoms with E-state index >= 15 is 0 Å². The summed E-state index contributed by atoms with van der Waals surface area (Å²) in [6.07, 6.45) is 0.120. The lowest BCUT2D eigenvalue weighted by Crippen LogP contribution is -2.64. The summed E-state index contributed by atoms with van der Waals surface area (Å²) in [7, 11) is 4.54. The maximum absolute atomic E-state index is 11.3. The highest BCUT2D eigenvalue weighted by Gasteiger charge is 2.56. The molecule has 0 spiro atoms. The van der Waals surface area contributed by atoms with Gasteiger partial charge in [0.2, 0.25) is 5.79 Å². The summed E-state index contributed by atoms with van der Waals surface area (Å²) in [5.41, 5.74) is 1.74. The fraction of sp³-hybridized carbons (Fsp3) is 0.682. The van der Waals surface area contributed by atoms with Gasteiger partial charge < -0.3 is 29.5 Å². The van der Waals surface area contributed by atoms with E-state index in [0.29, 0.717) is 31.0 Å². The monoisotopic (exact) mass is 425 g/mol. The number of carboxylic acids is 1. The number of hydrogen-bond acceptors (Lipinski definition) is 7. The molecule has 1 saturated heterocycles. The second-order valence-electron chi connectivity index (χ2n) is 7.73. The van der Waals surface area contributed by atoms with Gasteiger partial charge in [-0.15, -0.1) is 0 Å². The topological polar surface area (TPSA) is 109 Å². The van der Waals surface area contributed by atoms with Crippen LogP contribution in [0.2, 0.25) is 0 Å². The highest BCUT2D eigenvalue weighted by molar-refractivity contribution is 5.69. The summed E-state index contributed by atoms with van der Waals surface area (Å²) in [6, 6.07) is 2.97. The average molecular weight is 426 g/mol. The van der Waals surface area contributed by atoms with Crippen molar-refractivity contribution in [2.24, 2.45) is 11.8 Å². The van der Waals surface area contributed by atoms with Crippen LogP contribution in [0.1, 0.15) is 44.4 Å². The molecule has 4 unspecified atom stereocenters. The third-order valence-corrected chi connectivity index (χ3v) is 6.02. The third kappa shape index (κ3) is 4.42. The minimum absolute atomic E-state index is 0.304. The summed E-state index contributed by atoms with van der Waals surface area (Å²) in [6.45, 7) is 6.78. The smallest absolute Gasteiger partial charge is 0.306 e. The Hall–Kier alpha value is -1.87. The van der Waals surface area contributed by atoms with Crippen molar-refractivity contribution >= 4 is 5.97 Å². The summed E-state index contributed by atoms with van der Waals surface area (Å²) in [4.78, 5) is 13.3. The van der Waals surface area contributed by atoms with E-state index in [0.717, 1.165) is 17.5 Å². The second-order valence-corrected chi connectivity index (χ2v) is 7.73. The highest BCUT2D eigenvalue weighted by atomic mass is 16.6. The van der Waals surface area contributed by atoms with Gasteiger partial charge in [-0.2, -0.15) is 0 Å². The van der Waals surface area contributed by atoms with Crippen LogP contribution in [0, 0.1) is 11.8 Å². The highest BCUT2D eigenvalue weighted by Crippen LogP contribution is 2.48. The zero-order chi connectivity index (χ0) is 22.6. The Bertz CT molecular complexity index is 736. The van der Waals surface area contributed by atoms with Crippen LogP contribution in [0.25, 0.3) is 0 Å². The van der Waals surface area contributed by atoms with Crippen LogP contribution in [0.4, 0.5) is 0 Å². The van der Waals surface area contributed by atoms with E-state index in [4.69, 9.17) is 14.2 Å². The van der Waals surface area contributed by atoms with E-state index in [1.807, 2.05) is 24.8 Å². The number of aliphatic hydroxyl groups is 2. The van der Waals surface area contributed by atoms with E-state index < -0.39 is 29.8 Å². The van der Waals surface area contributed by atoms with Gasteiger partial charge in [-0.1, -0.05) is 20.8 Å². The first kappa shape index (κ1) is 24.4. The Balaban J connectivity index is 0.00000155. The number of carbonyl (C=O) groups is 1. The third-order valence-electron chi connectivity index (χ3n) is 6.02. The van der Waals surface area contributed by atoms with Crippen LogP contribution < -0.4 is 9.47 Å². The first-order valence-electron chi connectivity index (χ1n) is 10.4. The minimum atomic E-state index is -2.18. The molecule has 2 heterocycles. The van der Waals surface area contributed by atoms with Crippen LogP contribution >= 0.6 is 0 Å². The molecule has 2 aliphatic heterocycles. The Labute approximate surface area is 178 Å². The number of carboxylic acid groups (broad SMARTS) is 1. The molecule has 3 N–H and O–H groups in total. The SMILES string of the molecule is CC.COc1cc2c(cc1OC)C1N(CC2)CC(CC(C)C(=O)O)C(OC)C1(O)O. The zero-order valence-corrected chi connectivity index (χ0v) is 18.7. The van der Waals surface area contributed by atoms with Crippen molar-refractivity contribution in [1.29, 1.82) is 0 Å². The van der Waals surface area contributed by atoms with Gasteiger partial charge in [0.15, 0.2) is 11.5 Å². The fourth-order valence-electron chi connectivity index (χ4n) is 4.71. The molecule has 3 rings (SSSR count). The van der Waals surface area contributed by atoms with Crippen molar-refractivity contribution in [3.8, 4) is 11.5 Å². The number of piperidine rings is 1. The van der Waals surface area contributed by atoms with Gasteiger partial charge in [-0.05, 0) is 36.1 Å². The van der Waals surface area contributed by atoms with Crippen molar-refractivity contribution in [2.45, 2.75) is 51.5 Å². The molecule has 8 heteroatoms. The van der Waals surface area contributed by atoms with Gasteiger partial charge in [0.25, 0.3) is 0 Å². The van der Waals surface area contributed by atoms with Crippen LogP contribution in [-0.4, -0.2) is 72.5 Å². The first-order valence-corrected chi connectivity index (χ1v) is 10.4. The predicted octanol–water partition coefficient (Wildman–Crippen LogP) is 2.07. The van der Waals surface area contributed by atoms with Gasteiger partial charge in [0.05, 0.1) is 26.2 Å². The Morgan fingerprint density at radius 2 is 1.80 bits per heavy atom. The van der Waals surface area contributed by atoms with Gasteiger partial charge in [-0.25, -0.2) is 0 Å². The van der Waals surface area contributed by atoms with E-state index in [1.54, 1.807) is 20.1 Å². The van der Waals surface area contributed by atoms with Crippen LogP contribution in [0.3, 0.4) is 0 Å². The van der Waals surface area contributed by atoms with Crippen molar-refractivity contribution in [3.05, 3.63) is 23.3 Å². The number of aliphatic carboxylic acids is 1. The maximum Gasteiger partial charge on any atom is 0.306 e. The molecule has 0 aliphatic carbocycles. The number of nitrogens with zero attached hydrogens (tertiary/aromatic N) is 1. The molecule has 0 bridgehead atoms. The molecular formula is C22H35NO7. The lowest BCUT2D eigenvalue weighted by atomic mass is 9.75. The largest absolute Gasteiger partial charge is 0.493 e. The molecular weight excluding hydrogens is 390 g/mol. The molecule has 170 valence electrons. The molecule has 1 aromatic rings. The Morgan fingerprint density at radius 1 is 1.20 bits per heavy atom. The number of methoxy groups -OCH3 is 3. The molecule has 0 radical (unpaired) electrons. The average Bonchev–Trinajstić information content (AvgIpc) is 2.73. The number of fused-ring (bicyclic) bond motifs is 3. The fourth-order valence-corrected chi connectivity index (χ4v) is 4.71. The Kier molecular flexibility index (Phi) is 8.10. The molecule has 1 fully saturated rings. The normalized spacial score (nSPS) is 25.8. The number of rotatable bonds is 6. The molecule has 0 aromatic heterocycles. The summed E-state index contributed by atoms with van der Waals surface area (Å²) in [5.74, 6) is -2.87. The molecule has 8 nitrogen and oxygen atoms in total. The van der Waals surface area contributed by atoms with E-state index in [-0.39, 0.29) is 5.92 Å². The molecule has 2 aliphatic rings. The van der Waals surface area contributed by atoms with Gasteiger partial charge in [0.1, 0.15) is 6.10 Å². The summed E-state index contributed by atoms with van der Waals surface area (Å²) < 4.78 is 16.3. The Morgan fingerprint density at radius 3 is 2.33 bits per heavy atom. The van der Waals surface area contributed by atoms with E-state index in [9.17, 15) is 20.1 Å². The predicted molar refractivity (Wildman–Crippen MR) is 112 cm³/mol. The maximum atomic E-state index is 11.3. The summed E-state index contributed by atoms with van der Waals surface area (Å²) in [5, 5.41) is 31.6. The second kappa shape index (κ2) is 9.96. The van der Waals surface area contributed by atoms with Crippen LogP contribution in [-0.2, 0) is 16.0 Å². The molecule has 0 amide bonds. The van der Waals surface area contributed by atoms with Crippen molar-refractivity contribution in [2.75, 3.05) is 34.4 Å². The summed E-state index contributed by atoms with van der Waals surface area (Å²) >= 11 is 0. The number of hydrogen-bond donors (Lipinski definition) is 3. The number of ether oxygens (including phenoxy) is 3. The van der Waals surface area contributed by atoms with Gasteiger partial charge in [-0.3, -0.25) is 9.69 Å². The standard InChI is InChI=1S/C20H29NO7.C2H6/c1-11(19(22)23)7-13-10-21-6-5-12-8-15(26-2)16(27-3)9-14(12)17(21)20(24,25)18(13)28-4;1-2/h8-9,11,13,17-18,24-25H,5-7,10H2,1-4H3,(H,22,23);1-2H3. The van der Waals surface area contributed by atoms with Crippen LogP contribution in [0.5, 0.6) is 11.5 Å². The zero-order valence-electron chi connectivity index (χ0n) is 18.7. The van der Waals surface area contributed by atoms with Crippen molar-refractivity contribution in [3.63, 3.8) is 0 Å². The van der Waals surface area contributed by atoms with Crippen molar-refractivity contribution < 1.29 is 34.3 Å². The molecule has 0 saturated carbocycles.